The molecule has 0 spiro atoms. The van der Waals surface area contributed by atoms with Crippen LogP contribution in [0.15, 0.2) is 39.7 Å². The third-order valence-corrected chi connectivity index (χ3v) is 2.58. The van der Waals surface area contributed by atoms with Crippen molar-refractivity contribution in [2.75, 3.05) is 5.75 Å². The summed E-state index contributed by atoms with van der Waals surface area (Å²) in [4.78, 5) is 22.5. The minimum Gasteiger partial charge on any atom is -0.463 e. The first kappa shape index (κ1) is 11.7. The van der Waals surface area contributed by atoms with Gasteiger partial charge in [0.15, 0.2) is 6.29 Å². The molecule has 0 fully saturated rings. The standard InChI is InChI=1S/C13H10O3S/c14-7-10-8-16-12-4-3-9(2-1-5-17)6-11(12)13(10)15/h1-4,6-8,17H,5H2. The van der Waals surface area contributed by atoms with Gasteiger partial charge in [0.1, 0.15) is 11.8 Å². The van der Waals surface area contributed by atoms with Crippen LogP contribution in [0.1, 0.15) is 15.9 Å². The van der Waals surface area contributed by atoms with E-state index < -0.39 is 0 Å². The summed E-state index contributed by atoms with van der Waals surface area (Å²) >= 11 is 4.06. The van der Waals surface area contributed by atoms with E-state index in [1.54, 1.807) is 12.1 Å². The molecule has 2 rings (SSSR count). The zero-order valence-corrected chi connectivity index (χ0v) is 9.81. The van der Waals surface area contributed by atoms with Crippen LogP contribution in [0.4, 0.5) is 0 Å². The van der Waals surface area contributed by atoms with E-state index in [4.69, 9.17) is 4.42 Å². The second-order valence-electron chi connectivity index (χ2n) is 3.48. The van der Waals surface area contributed by atoms with Gasteiger partial charge in [-0.3, -0.25) is 9.59 Å². The molecule has 1 heterocycles. The summed E-state index contributed by atoms with van der Waals surface area (Å²) < 4.78 is 5.20. The number of hydrogen-bond acceptors (Lipinski definition) is 4. The lowest BCUT2D eigenvalue weighted by molar-refractivity contribution is 0.112. The predicted octanol–water partition coefficient (Wildman–Crippen LogP) is 2.55. The van der Waals surface area contributed by atoms with Crippen molar-refractivity contribution in [3.05, 3.63) is 51.9 Å². The van der Waals surface area contributed by atoms with Gasteiger partial charge in [-0.25, -0.2) is 0 Å². The molecule has 2 aromatic rings. The molecule has 17 heavy (non-hydrogen) atoms. The Bertz CT molecular complexity index is 641. The number of hydrogen-bond donors (Lipinski definition) is 1. The van der Waals surface area contributed by atoms with Crippen LogP contribution in [0.25, 0.3) is 17.0 Å². The van der Waals surface area contributed by atoms with Gasteiger partial charge in [-0.15, -0.1) is 0 Å². The average molecular weight is 246 g/mol. The lowest BCUT2D eigenvalue weighted by Crippen LogP contribution is -2.07. The van der Waals surface area contributed by atoms with Crippen molar-refractivity contribution in [2.45, 2.75) is 0 Å². The van der Waals surface area contributed by atoms with Crippen molar-refractivity contribution >= 4 is 36.0 Å². The zero-order chi connectivity index (χ0) is 12.3. The van der Waals surface area contributed by atoms with Crippen LogP contribution in [0.2, 0.25) is 0 Å². The zero-order valence-electron chi connectivity index (χ0n) is 8.92. The largest absolute Gasteiger partial charge is 0.463 e. The van der Waals surface area contributed by atoms with Crippen molar-refractivity contribution < 1.29 is 9.21 Å². The minimum atomic E-state index is -0.303. The lowest BCUT2D eigenvalue weighted by Gasteiger charge is -1.99. The van der Waals surface area contributed by atoms with Gasteiger partial charge < -0.3 is 4.42 Å². The highest BCUT2D eigenvalue weighted by Gasteiger charge is 2.05. The molecule has 4 heteroatoms. The molecule has 0 aliphatic carbocycles. The molecular formula is C13H10O3S. The van der Waals surface area contributed by atoms with Gasteiger partial charge in [-0.2, -0.15) is 12.6 Å². The van der Waals surface area contributed by atoms with Gasteiger partial charge >= 0.3 is 0 Å². The SMILES string of the molecule is O=Cc1coc2ccc(C=CCS)cc2c1=O. The third kappa shape index (κ3) is 2.31. The quantitative estimate of drug-likeness (QED) is 0.668. The first-order valence-electron chi connectivity index (χ1n) is 5.04. The third-order valence-electron chi connectivity index (χ3n) is 2.37. The second kappa shape index (κ2) is 5.01. The molecule has 0 bridgehead atoms. The molecule has 0 aliphatic rings. The van der Waals surface area contributed by atoms with Crippen molar-refractivity contribution in [3.8, 4) is 0 Å². The van der Waals surface area contributed by atoms with Gasteiger partial charge in [-0.05, 0) is 17.7 Å². The smallest absolute Gasteiger partial charge is 0.203 e. The van der Waals surface area contributed by atoms with Crippen LogP contribution in [0.5, 0.6) is 0 Å². The second-order valence-corrected chi connectivity index (χ2v) is 3.84. The molecule has 1 aromatic heterocycles. The van der Waals surface area contributed by atoms with Gasteiger partial charge in [0.25, 0.3) is 0 Å². The molecule has 0 N–H and O–H groups in total. The molecular weight excluding hydrogens is 236 g/mol. The van der Waals surface area contributed by atoms with E-state index in [2.05, 4.69) is 12.6 Å². The van der Waals surface area contributed by atoms with Crippen LogP contribution in [-0.4, -0.2) is 12.0 Å². The van der Waals surface area contributed by atoms with Gasteiger partial charge in [0, 0.05) is 5.75 Å². The van der Waals surface area contributed by atoms with Crippen molar-refractivity contribution in [1.82, 2.24) is 0 Å². The van der Waals surface area contributed by atoms with E-state index in [9.17, 15) is 9.59 Å². The fourth-order valence-electron chi connectivity index (χ4n) is 1.54. The number of aldehydes is 1. The summed E-state index contributed by atoms with van der Waals surface area (Å²) in [5.41, 5.74) is 1.08. The Kier molecular flexibility index (Phi) is 3.44. The monoisotopic (exact) mass is 246 g/mol. The molecule has 86 valence electrons. The highest BCUT2D eigenvalue weighted by Crippen LogP contribution is 2.14. The average Bonchev–Trinajstić information content (AvgIpc) is 2.37. The maximum Gasteiger partial charge on any atom is 0.203 e. The summed E-state index contributed by atoms with van der Waals surface area (Å²) in [5, 5.41) is 0.413. The highest BCUT2D eigenvalue weighted by atomic mass is 32.1. The Morgan fingerprint density at radius 3 is 2.88 bits per heavy atom. The van der Waals surface area contributed by atoms with Crippen LogP contribution >= 0.6 is 12.6 Å². The Morgan fingerprint density at radius 2 is 2.18 bits per heavy atom. The Labute approximate surface area is 103 Å². The molecule has 0 amide bonds. The number of carbonyl (C=O) groups excluding carboxylic acids is 1. The molecule has 3 nitrogen and oxygen atoms in total. The summed E-state index contributed by atoms with van der Waals surface area (Å²) in [7, 11) is 0. The summed E-state index contributed by atoms with van der Waals surface area (Å²) in [6.07, 6.45) is 5.41. The predicted molar refractivity (Wildman–Crippen MR) is 70.8 cm³/mol. The summed E-state index contributed by atoms with van der Waals surface area (Å²) in [6, 6.07) is 5.25. The van der Waals surface area contributed by atoms with Gasteiger partial charge in [0.05, 0.1) is 10.9 Å². The summed E-state index contributed by atoms with van der Waals surface area (Å²) in [6.45, 7) is 0. The molecule has 0 atom stereocenters. The Balaban J connectivity index is 2.66. The molecule has 1 aromatic carbocycles. The Morgan fingerprint density at radius 1 is 1.35 bits per heavy atom. The van der Waals surface area contributed by atoms with Crippen LogP contribution < -0.4 is 5.43 Å². The highest BCUT2D eigenvalue weighted by molar-refractivity contribution is 7.80. The van der Waals surface area contributed by atoms with E-state index in [1.165, 1.54) is 6.26 Å². The molecule has 0 aliphatic heterocycles. The van der Waals surface area contributed by atoms with E-state index in [0.717, 1.165) is 5.56 Å². The van der Waals surface area contributed by atoms with Crippen molar-refractivity contribution in [3.63, 3.8) is 0 Å². The van der Waals surface area contributed by atoms with Crippen LogP contribution in [0, 0.1) is 0 Å². The van der Waals surface area contributed by atoms with Crippen molar-refractivity contribution in [2.24, 2.45) is 0 Å². The van der Waals surface area contributed by atoms with E-state index in [0.29, 0.717) is 23.0 Å². The van der Waals surface area contributed by atoms with E-state index in [1.807, 2.05) is 18.2 Å². The Hall–Kier alpha value is -1.81. The van der Waals surface area contributed by atoms with E-state index in [-0.39, 0.29) is 11.0 Å². The first-order valence-corrected chi connectivity index (χ1v) is 5.67. The van der Waals surface area contributed by atoms with Crippen molar-refractivity contribution in [1.29, 1.82) is 0 Å². The number of thiol groups is 1. The molecule has 0 saturated heterocycles. The maximum absolute atomic E-state index is 11.9. The van der Waals surface area contributed by atoms with E-state index >= 15 is 0 Å². The van der Waals surface area contributed by atoms with Crippen LogP contribution in [-0.2, 0) is 0 Å². The number of benzene rings is 1. The topological polar surface area (TPSA) is 47.3 Å². The fraction of sp³-hybridized carbons (Fsp3) is 0.0769. The first-order chi connectivity index (χ1) is 8.26. The molecule has 0 unspecified atom stereocenters. The number of rotatable bonds is 3. The van der Waals surface area contributed by atoms with Gasteiger partial charge in [-0.1, -0.05) is 18.2 Å². The summed E-state index contributed by atoms with van der Waals surface area (Å²) in [5.74, 6) is 0.626. The number of fused-ring (bicyclic) bond motifs is 1. The van der Waals surface area contributed by atoms with Gasteiger partial charge in [0.2, 0.25) is 5.43 Å². The molecule has 0 radical (unpaired) electrons. The van der Waals surface area contributed by atoms with Crippen LogP contribution in [0.3, 0.4) is 0 Å². The fourth-order valence-corrected chi connectivity index (χ4v) is 1.64. The minimum absolute atomic E-state index is 0.0350. The maximum atomic E-state index is 11.9. The molecule has 0 saturated carbocycles. The lowest BCUT2D eigenvalue weighted by atomic mass is 10.1. The number of carbonyl (C=O) groups is 1. The normalized spacial score (nSPS) is 11.1.